The van der Waals surface area contributed by atoms with Crippen molar-refractivity contribution < 1.29 is 4.74 Å². The predicted octanol–water partition coefficient (Wildman–Crippen LogP) is 2.06. The molecule has 1 aromatic carbocycles. The highest BCUT2D eigenvalue weighted by molar-refractivity contribution is 5.79. The molecule has 2 heterocycles. The van der Waals surface area contributed by atoms with Gasteiger partial charge in [-0.05, 0) is 44.0 Å². The lowest BCUT2D eigenvalue weighted by atomic mass is 10.1. The molecule has 0 spiro atoms. The van der Waals surface area contributed by atoms with Crippen LogP contribution in [0.15, 0.2) is 29.3 Å². The third-order valence-corrected chi connectivity index (χ3v) is 5.71. The van der Waals surface area contributed by atoms with Gasteiger partial charge in [-0.2, -0.15) is 0 Å². The van der Waals surface area contributed by atoms with Crippen LogP contribution in [0.3, 0.4) is 0 Å². The molecule has 156 valence electrons. The maximum Gasteiger partial charge on any atom is 0.191 e. The highest BCUT2D eigenvalue weighted by Gasteiger charge is 2.22. The number of rotatable bonds is 8. The Morgan fingerprint density at radius 3 is 2.54 bits per heavy atom. The molecule has 2 saturated heterocycles. The molecule has 2 fully saturated rings. The fraction of sp³-hybridized carbons (Fsp3) is 0.682. The van der Waals surface area contributed by atoms with Gasteiger partial charge in [0.05, 0.1) is 19.8 Å². The van der Waals surface area contributed by atoms with E-state index in [0.29, 0.717) is 12.6 Å². The zero-order valence-corrected chi connectivity index (χ0v) is 17.6. The van der Waals surface area contributed by atoms with Crippen molar-refractivity contribution in [2.45, 2.75) is 45.8 Å². The van der Waals surface area contributed by atoms with Gasteiger partial charge in [-0.15, -0.1) is 0 Å². The molecule has 0 saturated carbocycles. The number of guanidine groups is 1. The second-order valence-corrected chi connectivity index (χ2v) is 7.71. The second-order valence-electron chi connectivity index (χ2n) is 7.71. The van der Waals surface area contributed by atoms with Crippen LogP contribution < -0.4 is 10.6 Å². The van der Waals surface area contributed by atoms with Crippen molar-refractivity contribution in [1.82, 2.24) is 20.4 Å². The van der Waals surface area contributed by atoms with Crippen LogP contribution in [0.5, 0.6) is 0 Å². The zero-order chi connectivity index (χ0) is 19.6. The Morgan fingerprint density at radius 1 is 1.07 bits per heavy atom. The van der Waals surface area contributed by atoms with Gasteiger partial charge >= 0.3 is 0 Å². The minimum Gasteiger partial charge on any atom is -0.379 e. The standard InChI is InChI=1S/C22H37N5O/c1-3-23-22(25-17-21-6-5-11-27(21)4-2)24-16-19-7-9-20(10-8-19)18-26-12-14-28-15-13-26/h7-10,21H,3-6,11-18H2,1-2H3,(H2,23,24,25). The predicted molar refractivity (Wildman–Crippen MR) is 116 cm³/mol. The summed E-state index contributed by atoms with van der Waals surface area (Å²) in [6, 6.07) is 9.52. The van der Waals surface area contributed by atoms with E-state index in [-0.39, 0.29) is 0 Å². The summed E-state index contributed by atoms with van der Waals surface area (Å²) in [6.45, 7) is 14.1. The van der Waals surface area contributed by atoms with E-state index in [1.54, 1.807) is 0 Å². The van der Waals surface area contributed by atoms with E-state index >= 15 is 0 Å². The number of benzene rings is 1. The molecule has 1 atom stereocenters. The average Bonchev–Trinajstić information content (AvgIpc) is 3.19. The van der Waals surface area contributed by atoms with Gasteiger partial charge in [-0.3, -0.25) is 9.80 Å². The first kappa shape index (κ1) is 21.1. The number of morpholine rings is 1. The molecule has 28 heavy (non-hydrogen) atoms. The summed E-state index contributed by atoms with van der Waals surface area (Å²) >= 11 is 0. The number of ether oxygens (including phenoxy) is 1. The molecule has 0 aliphatic carbocycles. The van der Waals surface area contributed by atoms with Crippen LogP contribution in [0, 0.1) is 0 Å². The van der Waals surface area contributed by atoms with E-state index in [4.69, 9.17) is 9.73 Å². The summed E-state index contributed by atoms with van der Waals surface area (Å²) in [4.78, 5) is 9.80. The number of nitrogens with one attached hydrogen (secondary N) is 2. The van der Waals surface area contributed by atoms with E-state index in [1.165, 1.54) is 30.5 Å². The highest BCUT2D eigenvalue weighted by Crippen LogP contribution is 2.15. The Morgan fingerprint density at radius 2 is 1.82 bits per heavy atom. The smallest absolute Gasteiger partial charge is 0.191 e. The van der Waals surface area contributed by atoms with Crippen LogP contribution in [-0.4, -0.2) is 74.3 Å². The molecule has 0 bridgehead atoms. The van der Waals surface area contributed by atoms with Gasteiger partial charge < -0.3 is 15.4 Å². The number of nitrogens with zero attached hydrogens (tertiary/aromatic N) is 3. The molecular weight excluding hydrogens is 350 g/mol. The lowest BCUT2D eigenvalue weighted by molar-refractivity contribution is 0.0342. The van der Waals surface area contributed by atoms with Crippen molar-refractivity contribution in [2.24, 2.45) is 4.99 Å². The maximum absolute atomic E-state index is 5.42. The van der Waals surface area contributed by atoms with Crippen LogP contribution in [-0.2, 0) is 17.8 Å². The van der Waals surface area contributed by atoms with Crippen molar-refractivity contribution in [3.8, 4) is 0 Å². The van der Waals surface area contributed by atoms with Gasteiger partial charge in [0.2, 0.25) is 0 Å². The molecule has 1 aromatic rings. The van der Waals surface area contributed by atoms with Crippen molar-refractivity contribution in [3.05, 3.63) is 35.4 Å². The molecule has 0 amide bonds. The Bertz CT molecular complexity index is 597. The number of aliphatic imine (C=N–C) groups is 1. The molecule has 2 aliphatic rings. The normalized spacial score (nSPS) is 21.8. The SMILES string of the molecule is CCNC(=NCc1ccc(CN2CCOCC2)cc1)NCC1CCCN1CC. The number of likely N-dealkylation sites (tertiary alicyclic amines) is 1. The summed E-state index contributed by atoms with van der Waals surface area (Å²) in [5, 5.41) is 6.92. The molecule has 2 N–H and O–H groups in total. The Hall–Kier alpha value is -1.63. The third-order valence-electron chi connectivity index (χ3n) is 5.71. The molecular formula is C22H37N5O. The maximum atomic E-state index is 5.42. The van der Waals surface area contributed by atoms with Gasteiger partial charge in [0.15, 0.2) is 5.96 Å². The molecule has 0 aromatic heterocycles. The largest absolute Gasteiger partial charge is 0.379 e. The minimum atomic E-state index is 0.633. The van der Waals surface area contributed by atoms with Crippen LogP contribution in [0.25, 0.3) is 0 Å². The van der Waals surface area contributed by atoms with Crippen LogP contribution >= 0.6 is 0 Å². The average molecular weight is 388 g/mol. The first-order chi connectivity index (χ1) is 13.8. The molecule has 2 aliphatic heterocycles. The van der Waals surface area contributed by atoms with Crippen molar-refractivity contribution in [3.63, 3.8) is 0 Å². The van der Waals surface area contributed by atoms with Crippen LogP contribution in [0.4, 0.5) is 0 Å². The van der Waals surface area contributed by atoms with Crippen molar-refractivity contribution in [1.29, 1.82) is 0 Å². The lowest BCUT2D eigenvalue weighted by Crippen LogP contribution is -2.44. The number of likely N-dealkylation sites (N-methyl/N-ethyl adjacent to an activating group) is 1. The highest BCUT2D eigenvalue weighted by atomic mass is 16.5. The van der Waals surface area contributed by atoms with Gasteiger partial charge in [0.1, 0.15) is 0 Å². The first-order valence-corrected chi connectivity index (χ1v) is 10.9. The second kappa shape index (κ2) is 11.4. The Labute approximate surface area is 170 Å². The molecule has 6 nitrogen and oxygen atoms in total. The first-order valence-electron chi connectivity index (χ1n) is 10.9. The molecule has 0 radical (unpaired) electrons. The fourth-order valence-corrected chi connectivity index (χ4v) is 4.04. The van der Waals surface area contributed by atoms with E-state index in [9.17, 15) is 0 Å². The van der Waals surface area contributed by atoms with E-state index in [0.717, 1.165) is 58.4 Å². The summed E-state index contributed by atoms with van der Waals surface area (Å²) in [7, 11) is 0. The lowest BCUT2D eigenvalue weighted by Gasteiger charge is -2.26. The summed E-state index contributed by atoms with van der Waals surface area (Å²) in [5.41, 5.74) is 2.61. The summed E-state index contributed by atoms with van der Waals surface area (Å²) in [5.74, 6) is 0.919. The number of hydrogen-bond acceptors (Lipinski definition) is 4. The summed E-state index contributed by atoms with van der Waals surface area (Å²) in [6.07, 6.45) is 2.59. The summed E-state index contributed by atoms with van der Waals surface area (Å²) < 4.78 is 5.42. The van der Waals surface area contributed by atoms with Crippen molar-refractivity contribution in [2.75, 3.05) is 52.5 Å². The third kappa shape index (κ3) is 6.47. The van der Waals surface area contributed by atoms with Crippen LogP contribution in [0.1, 0.15) is 37.8 Å². The van der Waals surface area contributed by atoms with E-state index in [2.05, 4.69) is 58.5 Å². The quantitative estimate of drug-likeness (QED) is 0.528. The van der Waals surface area contributed by atoms with Crippen LogP contribution in [0.2, 0.25) is 0 Å². The monoisotopic (exact) mass is 387 g/mol. The Balaban J connectivity index is 1.49. The molecule has 1 unspecified atom stereocenters. The minimum absolute atomic E-state index is 0.633. The van der Waals surface area contributed by atoms with Gasteiger partial charge in [0.25, 0.3) is 0 Å². The van der Waals surface area contributed by atoms with Crippen molar-refractivity contribution >= 4 is 5.96 Å². The van der Waals surface area contributed by atoms with E-state index < -0.39 is 0 Å². The molecule has 6 heteroatoms. The zero-order valence-electron chi connectivity index (χ0n) is 17.6. The van der Waals surface area contributed by atoms with Gasteiger partial charge in [0, 0.05) is 38.8 Å². The Kier molecular flexibility index (Phi) is 8.58. The topological polar surface area (TPSA) is 52.1 Å². The number of hydrogen-bond donors (Lipinski definition) is 2. The van der Waals surface area contributed by atoms with Gasteiger partial charge in [-0.25, -0.2) is 4.99 Å². The van der Waals surface area contributed by atoms with Gasteiger partial charge in [-0.1, -0.05) is 31.2 Å². The fourth-order valence-electron chi connectivity index (χ4n) is 4.04. The van der Waals surface area contributed by atoms with E-state index in [1.807, 2.05) is 0 Å². The molecule has 3 rings (SSSR count).